The van der Waals surface area contributed by atoms with Gasteiger partial charge in [-0.15, -0.1) is 0 Å². The molecule has 4 aromatic rings. The zero-order chi connectivity index (χ0) is 21.8. The van der Waals surface area contributed by atoms with Crippen LogP contribution >= 0.6 is 11.6 Å². The molecule has 0 atom stereocenters. The van der Waals surface area contributed by atoms with Gasteiger partial charge in [0.2, 0.25) is 0 Å². The fraction of sp³-hybridized carbons (Fsp3) is 0.136. The average Bonchev–Trinajstić information content (AvgIpc) is 3.19. The molecule has 1 amide bonds. The van der Waals surface area contributed by atoms with Crippen LogP contribution in [0.4, 0.5) is 0 Å². The largest absolute Gasteiger partial charge is 0.350 e. The van der Waals surface area contributed by atoms with Gasteiger partial charge in [-0.1, -0.05) is 29.8 Å². The van der Waals surface area contributed by atoms with Crippen LogP contribution in [0.25, 0.3) is 11.0 Å². The summed E-state index contributed by atoms with van der Waals surface area (Å²) < 4.78 is 3.08. The number of carbonyl (C=O) groups excluding carboxylic acids is 1. The third-order valence-corrected chi connectivity index (χ3v) is 4.96. The zero-order valence-corrected chi connectivity index (χ0v) is 17.1. The fourth-order valence-electron chi connectivity index (χ4n) is 3.21. The number of halogens is 1. The zero-order valence-electron chi connectivity index (χ0n) is 16.3. The molecule has 0 saturated carbocycles. The number of hydrogen-bond donors (Lipinski definition) is 1. The van der Waals surface area contributed by atoms with E-state index in [9.17, 15) is 9.59 Å². The Morgan fingerprint density at radius 2 is 2.03 bits per heavy atom. The van der Waals surface area contributed by atoms with Crippen molar-refractivity contribution in [1.29, 1.82) is 5.26 Å². The standard InChI is InChI=1S/C22H17ClN6O2/c23-18-6-2-4-16(10-18)13-28-14-26-20-19(22(28)31)12-27-29(20)8-7-25-21(30)17-5-1-3-15(9-17)11-24/h1-6,9-10,12,14H,7-8,13H2,(H,25,30). The molecule has 31 heavy (non-hydrogen) atoms. The lowest BCUT2D eigenvalue weighted by atomic mass is 10.1. The van der Waals surface area contributed by atoms with E-state index in [1.54, 1.807) is 35.0 Å². The third kappa shape index (κ3) is 4.47. The highest BCUT2D eigenvalue weighted by atomic mass is 35.5. The molecule has 0 aliphatic heterocycles. The number of benzene rings is 2. The lowest BCUT2D eigenvalue weighted by Crippen LogP contribution is -2.27. The van der Waals surface area contributed by atoms with Crippen LogP contribution in [0, 0.1) is 11.3 Å². The third-order valence-electron chi connectivity index (χ3n) is 4.73. The monoisotopic (exact) mass is 432 g/mol. The molecule has 0 unspecified atom stereocenters. The number of fused-ring (bicyclic) bond motifs is 1. The molecular weight excluding hydrogens is 416 g/mol. The Hall–Kier alpha value is -3.96. The smallest absolute Gasteiger partial charge is 0.264 e. The number of nitrogens with zero attached hydrogens (tertiary/aromatic N) is 5. The maximum Gasteiger partial charge on any atom is 0.264 e. The van der Waals surface area contributed by atoms with Gasteiger partial charge < -0.3 is 5.32 Å². The number of nitriles is 1. The van der Waals surface area contributed by atoms with Crippen LogP contribution in [0.3, 0.4) is 0 Å². The Morgan fingerprint density at radius 1 is 1.19 bits per heavy atom. The maximum atomic E-state index is 12.8. The topological polar surface area (TPSA) is 106 Å². The summed E-state index contributed by atoms with van der Waals surface area (Å²) in [4.78, 5) is 29.5. The van der Waals surface area contributed by atoms with Crippen molar-refractivity contribution in [2.24, 2.45) is 0 Å². The van der Waals surface area contributed by atoms with Crippen molar-refractivity contribution in [3.63, 3.8) is 0 Å². The summed E-state index contributed by atoms with van der Waals surface area (Å²) in [6.45, 7) is 0.989. The summed E-state index contributed by atoms with van der Waals surface area (Å²) in [7, 11) is 0. The molecule has 0 aliphatic rings. The first kappa shape index (κ1) is 20.3. The van der Waals surface area contributed by atoms with E-state index >= 15 is 0 Å². The lowest BCUT2D eigenvalue weighted by molar-refractivity contribution is 0.0952. The van der Waals surface area contributed by atoms with Crippen LogP contribution in [0.1, 0.15) is 21.5 Å². The number of hydrogen-bond acceptors (Lipinski definition) is 5. The second kappa shape index (κ2) is 8.81. The van der Waals surface area contributed by atoms with E-state index < -0.39 is 0 Å². The van der Waals surface area contributed by atoms with E-state index in [0.717, 1.165) is 5.56 Å². The second-order valence-electron chi connectivity index (χ2n) is 6.86. The first-order valence-electron chi connectivity index (χ1n) is 9.49. The summed E-state index contributed by atoms with van der Waals surface area (Å²) in [6, 6.07) is 15.8. The van der Waals surface area contributed by atoms with Crippen LogP contribution in [0.15, 0.2) is 65.8 Å². The minimum atomic E-state index is -0.287. The van der Waals surface area contributed by atoms with Gasteiger partial charge in [0.25, 0.3) is 11.5 Å². The summed E-state index contributed by atoms with van der Waals surface area (Å²) in [5.41, 5.74) is 1.98. The molecule has 0 spiro atoms. The van der Waals surface area contributed by atoms with E-state index in [-0.39, 0.29) is 11.5 Å². The minimum Gasteiger partial charge on any atom is -0.350 e. The van der Waals surface area contributed by atoms with Gasteiger partial charge in [0.15, 0.2) is 5.65 Å². The molecule has 2 heterocycles. The molecule has 0 saturated heterocycles. The molecule has 154 valence electrons. The van der Waals surface area contributed by atoms with Crippen molar-refractivity contribution < 1.29 is 4.79 Å². The van der Waals surface area contributed by atoms with Gasteiger partial charge in [-0.3, -0.25) is 14.2 Å². The van der Waals surface area contributed by atoms with Crippen molar-refractivity contribution in [3.05, 3.63) is 93.1 Å². The molecule has 1 N–H and O–H groups in total. The van der Waals surface area contributed by atoms with E-state index in [2.05, 4.69) is 15.4 Å². The summed E-state index contributed by atoms with van der Waals surface area (Å²) in [5, 5.41) is 17.0. The van der Waals surface area contributed by atoms with Crippen molar-refractivity contribution in [2.75, 3.05) is 6.54 Å². The maximum absolute atomic E-state index is 12.8. The first-order chi connectivity index (χ1) is 15.0. The van der Waals surface area contributed by atoms with Gasteiger partial charge >= 0.3 is 0 Å². The van der Waals surface area contributed by atoms with Crippen molar-refractivity contribution in [3.8, 4) is 6.07 Å². The van der Waals surface area contributed by atoms with Gasteiger partial charge in [0, 0.05) is 17.1 Å². The highest BCUT2D eigenvalue weighted by molar-refractivity contribution is 6.30. The molecule has 4 rings (SSSR count). The van der Waals surface area contributed by atoms with E-state index in [1.165, 1.54) is 23.2 Å². The van der Waals surface area contributed by atoms with Crippen LogP contribution in [0.5, 0.6) is 0 Å². The first-order valence-corrected chi connectivity index (χ1v) is 9.87. The predicted molar refractivity (Wildman–Crippen MR) is 116 cm³/mol. The quantitative estimate of drug-likeness (QED) is 0.504. The number of rotatable bonds is 6. The summed E-state index contributed by atoms with van der Waals surface area (Å²) >= 11 is 6.01. The summed E-state index contributed by atoms with van der Waals surface area (Å²) in [6.07, 6.45) is 2.97. The number of amides is 1. The van der Waals surface area contributed by atoms with Gasteiger partial charge in [-0.05, 0) is 35.9 Å². The Bertz CT molecular complexity index is 1370. The SMILES string of the molecule is N#Cc1cccc(C(=O)NCCn2ncc3c(=O)n(Cc4cccc(Cl)c4)cnc32)c1. The predicted octanol–water partition coefficient (Wildman–Crippen LogP) is 2.60. The fourth-order valence-corrected chi connectivity index (χ4v) is 3.43. The highest BCUT2D eigenvalue weighted by Crippen LogP contribution is 2.12. The van der Waals surface area contributed by atoms with Gasteiger partial charge in [0.1, 0.15) is 11.7 Å². The molecule has 2 aromatic heterocycles. The average molecular weight is 433 g/mol. The Morgan fingerprint density at radius 3 is 2.84 bits per heavy atom. The molecule has 0 radical (unpaired) electrons. The lowest BCUT2D eigenvalue weighted by Gasteiger charge is -2.08. The van der Waals surface area contributed by atoms with E-state index in [1.807, 2.05) is 18.2 Å². The molecule has 2 aromatic carbocycles. The highest BCUT2D eigenvalue weighted by Gasteiger charge is 2.11. The van der Waals surface area contributed by atoms with Gasteiger partial charge in [0.05, 0.1) is 30.9 Å². The van der Waals surface area contributed by atoms with Crippen LogP contribution in [-0.2, 0) is 13.1 Å². The van der Waals surface area contributed by atoms with Gasteiger partial charge in [-0.25, -0.2) is 9.67 Å². The van der Waals surface area contributed by atoms with Crippen molar-refractivity contribution in [2.45, 2.75) is 13.1 Å². The van der Waals surface area contributed by atoms with Gasteiger partial charge in [-0.2, -0.15) is 10.4 Å². The van der Waals surface area contributed by atoms with E-state index in [0.29, 0.717) is 46.8 Å². The van der Waals surface area contributed by atoms with Crippen molar-refractivity contribution >= 4 is 28.5 Å². The van der Waals surface area contributed by atoms with Crippen molar-refractivity contribution in [1.82, 2.24) is 24.6 Å². The molecule has 0 fully saturated rings. The second-order valence-corrected chi connectivity index (χ2v) is 7.30. The number of carbonyl (C=O) groups is 1. The Balaban J connectivity index is 1.45. The van der Waals surface area contributed by atoms with E-state index in [4.69, 9.17) is 16.9 Å². The summed E-state index contributed by atoms with van der Waals surface area (Å²) in [5.74, 6) is -0.287. The molecular formula is C22H17ClN6O2. The normalized spacial score (nSPS) is 10.7. The number of aromatic nitrogens is 4. The molecule has 0 aliphatic carbocycles. The molecule has 8 nitrogen and oxygen atoms in total. The molecule has 0 bridgehead atoms. The molecule has 9 heteroatoms. The van der Waals surface area contributed by atoms with Crippen LogP contribution in [0.2, 0.25) is 5.02 Å². The van der Waals surface area contributed by atoms with Crippen LogP contribution in [-0.4, -0.2) is 31.8 Å². The van der Waals surface area contributed by atoms with Crippen LogP contribution < -0.4 is 10.9 Å². The Kier molecular flexibility index (Phi) is 5.78. The Labute approximate surface area is 182 Å². The number of nitrogens with one attached hydrogen (secondary N) is 1. The minimum absolute atomic E-state index is 0.200.